The van der Waals surface area contributed by atoms with Gasteiger partial charge < -0.3 is 4.57 Å². The van der Waals surface area contributed by atoms with Crippen molar-refractivity contribution < 1.29 is 0 Å². The molecule has 0 amide bonds. The van der Waals surface area contributed by atoms with Gasteiger partial charge in [-0.05, 0) is 30.3 Å². The summed E-state index contributed by atoms with van der Waals surface area (Å²) < 4.78 is 4.93. The molecule has 0 fully saturated rings. The predicted octanol–water partition coefficient (Wildman–Crippen LogP) is 7.09. The van der Waals surface area contributed by atoms with Crippen molar-refractivity contribution in [3.63, 3.8) is 0 Å². The largest absolute Gasteiger partial charge is 0.308 e. The summed E-state index contributed by atoms with van der Waals surface area (Å²) in [4.78, 5) is 9.08. The van der Waals surface area contributed by atoms with Crippen LogP contribution < -0.4 is 0 Å². The summed E-state index contributed by atoms with van der Waals surface area (Å²) in [6.07, 6.45) is 5.63. The van der Waals surface area contributed by atoms with E-state index in [4.69, 9.17) is 4.98 Å². The van der Waals surface area contributed by atoms with Gasteiger partial charge in [0.25, 0.3) is 0 Å². The summed E-state index contributed by atoms with van der Waals surface area (Å²) in [5.74, 6) is 0. The summed E-state index contributed by atoms with van der Waals surface area (Å²) in [7, 11) is 0. The second-order valence-electron chi connectivity index (χ2n) is 7.48. The molecule has 0 N–H and O–H groups in total. The molecule has 4 heterocycles. The summed E-state index contributed by atoms with van der Waals surface area (Å²) in [6.45, 7) is 0. The molecule has 0 unspecified atom stereocenters. The number of para-hydroxylation sites is 1. The minimum Gasteiger partial charge on any atom is -0.308 e. The van der Waals surface area contributed by atoms with Crippen molar-refractivity contribution in [2.75, 3.05) is 0 Å². The van der Waals surface area contributed by atoms with Gasteiger partial charge in [0.1, 0.15) is 0 Å². The Hall–Kier alpha value is -3.76. The average Bonchev–Trinajstić information content (AvgIpc) is 3.36. The molecule has 0 atom stereocenters. The smallest absolute Gasteiger partial charge is 0.0888 e. The molecular formula is C26H15N3S. The first-order valence-corrected chi connectivity index (χ1v) is 10.7. The number of fused-ring (bicyclic) bond motifs is 10. The van der Waals surface area contributed by atoms with Crippen LogP contribution in [0.25, 0.3) is 58.6 Å². The average molecular weight is 401 g/mol. The molecule has 0 aliphatic rings. The minimum atomic E-state index is 1.08. The van der Waals surface area contributed by atoms with Gasteiger partial charge in [-0.1, -0.05) is 42.5 Å². The lowest BCUT2D eigenvalue weighted by Gasteiger charge is -2.09. The Morgan fingerprint density at radius 2 is 1.43 bits per heavy atom. The fourth-order valence-corrected chi connectivity index (χ4v) is 5.96. The van der Waals surface area contributed by atoms with Crippen LogP contribution >= 0.6 is 11.3 Å². The van der Waals surface area contributed by atoms with Crippen LogP contribution in [0, 0.1) is 0 Å². The van der Waals surface area contributed by atoms with Gasteiger partial charge >= 0.3 is 0 Å². The van der Waals surface area contributed by atoms with Crippen LogP contribution in [0.15, 0.2) is 91.4 Å². The molecule has 3 nitrogen and oxygen atoms in total. The molecule has 4 aromatic heterocycles. The topological polar surface area (TPSA) is 30.7 Å². The molecular weight excluding hydrogens is 386 g/mol. The maximum Gasteiger partial charge on any atom is 0.0888 e. The Labute approximate surface area is 175 Å². The van der Waals surface area contributed by atoms with Gasteiger partial charge in [-0.15, -0.1) is 11.3 Å². The van der Waals surface area contributed by atoms with Crippen LogP contribution in [0.3, 0.4) is 0 Å². The molecule has 0 saturated carbocycles. The third kappa shape index (κ3) is 1.98. The standard InChI is InChI=1S/C26H15N3S/c1-3-9-20-17(6-1)22-19-8-5-13-28-24(19)26-23(18-7-2-4-10-21(18)30-26)25(22)29(20)16-11-14-27-15-12-16/h1-15H. The molecule has 0 spiro atoms. The highest BCUT2D eigenvalue weighted by molar-refractivity contribution is 7.26. The van der Waals surface area contributed by atoms with Gasteiger partial charge in [0.2, 0.25) is 0 Å². The molecule has 140 valence electrons. The van der Waals surface area contributed by atoms with Gasteiger partial charge in [0.05, 0.1) is 21.3 Å². The number of rotatable bonds is 1. The van der Waals surface area contributed by atoms with Crippen molar-refractivity contribution in [1.29, 1.82) is 0 Å². The molecule has 3 aromatic carbocycles. The highest BCUT2D eigenvalue weighted by atomic mass is 32.1. The Balaban J connectivity index is 1.91. The summed E-state index contributed by atoms with van der Waals surface area (Å²) >= 11 is 1.83. The third-order valence-electron chi connectivity index (χ3n) is 5.92. The van der Waals surface area contributed by atoms with Crippen LogP contribution in [-0.2, 0) is 0 Å². The summed E-state index contributed by atoms with van der Waals surface area (Å²) in [6, 6.07) is 25.8. The summed E-state index contributed by atoms with van der Waals surface area (Å²) in [5, 5.41) is 6.29. The first-order valence-electron chi connectivity index (χ1n) is 9.93. The molecule has 0 bridgehead atoms. The molecule has 0 aliphatic carbocycles. The maximum atomic E-state index is 4.83. The van der Waals surface area contributed by atoms with Crippen LogP contribution in [0.5, 0.6) is 0 Å². The maximum absolute atomic E-state index is 4.83. The zero-order chi connectivity index (χ0) is 19.7. The van der Waals surface area contributed by atoms with E-state index in [-0.39, 0.29) is 0 Å². The summed E-state index contributed by atoms with van der Waals surface area (Å²) in [5.41, 5.74) is 4.65. The van der Waals surface area contributed by atoms with E-state index >= 15 is 0 Å². The predicted molar refractivity (Wildman–Crippen MR) is 127 cm³/mol. The number of benzene rings is 3. The Morgan fingerprint density at radius 3 is 2.33 bits per heavy atom. The van der Waals surface area contributed by atoms with E-state index in [1.165, 1.54) is 47.4 Å². The SMILES string of the molecule is c1ccc2c(c1)sc1c3ncccc3c3c4ccccc4n(-c4ccncc4)c3c21. The third-order valence-corrected chi connectivity index (χ3v) is 7.10. The lowest BCUT2D eigenvalue weighted by atomic mass is 10.0. The molecule has 4 heteroatoms. The first kappa shape index (κ1) is 16.1. The molecule has 0 saturated heterocycles. The molecule has 7 aromatic rings. The van der Waals surface area contributed by atoms with E-state index in [1.807, 2.05) is 36.0 Å². The lowest BCUT2D eigenvalue weighted by molar-refractivity contribution is 1.16. The number of hydrogen-bond acceptors (Lipinski definition) is 3. The fraction of sp³-hybridized carbons (Fsp3) is 0. The number of thiophene rings is 1. The molecule has 7 rings (SSSR count). The second-order valence-corrected chi connectivity index (χ2v) is 8.54. The minimum absolute atomic E-state index is 1.08. The molecule has 30 heavy (non-hydrogen) atoms. The van der Waals surface area contributed by atoms with Crippen molar-refractivity contribution >= 4 is 64.2 Å². The first-order chi connectivity index (χ1) is 14.9. The van der Waals surface area contributed by atoms with Crippen LogP contribution in [0.2, 0.25) is 0 Å². The van der Waals surface area contributed by atoms with Crippen molar-refractivity contribution in [3.8, 4) is 5.69 Å². The number of hydrogen-bond donors (Lipinski definition) is 0. The van der Waals surface area contributed by atoms with Gasteiger partial charge in [0.15, 0.2) is 0 Å². The molecule has 0 aliphatic heterocycles. The van der Waals surface area contributed by atoms with Gasteiger partial charge in [-0.25, -0.2) is 0 Å². The van der Waals surface area contributed by atoms with Crippen molar-refractivity contribution in [2.24, 2.45) is 0 Å². The Kier molecular flexibility index (Phi) is 3.15. The van der Waals surface area contributed by atoms with Crippen molar-refractivity contribution in [3.05, 3.63) is 91.4 Å². The van der Waals surface area contributed by atoms with Crippen molar-refractivity contribution in [2.45, 2.75) is 0 Å². The van der Waals surface area contributed by atoms with Crippen LogP contribution in [0.1, 0.15) is 0 Å². The van der Waals surface area contributed by atoms with E-state index < -0.39 is 0 Å². The number of pyridine rings is 2. The van der Waals surface area contributed by atoms with Gasteiger partial charge in [0, 0.05) is 55.9 Å². The van der Waals surface area contributed by atoms with Crippen LogP contribution in [0.4, 0.5) is 0 Å². The quantitative estimate of drug-likeness (QED) is 0.294. The number of aromatic nitrogens is 3. The number of nitrogens with zero attached hydrogens (tertiary/aromatic N) is 3. The monoisotopic (exact) mass is 401 g/mol. The van der Waals surface area contributed by atoms with E-state index in [0.29, 0.717) is 0 Å². The van der Waals surface area contributed by atoms with Crippen molar-refractivity contribution in [1.82, 2.24) is 14.5 Å². The van der Waals surface area contributed by atoms with Gasteiger partial charge in [-0.3, -0.25) is 9.97 Å². The highest BCUT2D eigenvalue weighted by Gasteiger charge is 2.21. The Morgan fingerprint density at radius 1 is 0.667 bits per heavy atom. The Bertz CT molecular complexity index is 1740. The fourth-order valence-electron chi connectivity index (χ4n) is 4.75. The van der Waals surface area contributed by atoms with E-state index in [2.05, 4.69) is 76.3 Å². The van der Waals surface area contributed by atoms with Crippen LogP contribution in [-0.4, -0.2) is 14.5 Å². The highest BCUT2D eigenvalue weighted by Crippen LogP contribution is 2.46. The van der Waals surface area contributed by atoms with E-state index in [1.54, 1.807) is 0 Å². The normalized spacial score (nSPS) is 12.0. The van der Waals surface area contributed by atoms with Gasteiger partial charge in [-0.2, -0.15) is 0 Å². The van der Waals surface area contributed by atoms with E-state index in [0.717, 1.165) is 11.2 Å². The van der Waals surface area contributed by atoms with E-state index in [9.17, 15) is 0 Å². The lowest BCUT2D eigenvalue weighted by Crippen LogP contribution is -1.94. The molecule has 0 radical (unpaired) electrons. The zero-order valence-electron chi connectivity index (χ0n) is 15.9. The zero-order valence-corrected chi connectivity index (χ0v) is 16.7. The second kappa shape index (κ2) is 5.88.